The lowest BCUT2D eigenvalue weighted by Crippen LogP contribution is -2.44. The van der Waals surface area contributed by atoms with Gasteiger partial charge in [0.25, 0.3) is 0 Å². The molecule has 1 aliphatic heterocycles. The van der Waals surface area contributed by atoms with Crippen molar-refractivity contribution in [2.24, 2.45) is 4.99 Å². The number of aryl methyl sites for hydroxylation is 1. The van der Waals surface area contributed by atoms with Gasteiger partial charge in [-0.15, -0.1) is 0 Å². The zero-order valence-electron chi connectivity index (χ0n) is 16.4. The van der Waals surface area contributed by atoms with Crippen molar-refractivity contribution >= 4 is 15.8 Å². The van der Waals surface area contributed by atoms with Gasteiger partial charge in [0.15, 0.2) is 15.8 Å². The lowest BCUT2D eigenvalue weighted by Gasteiger charge is -2.24. The first-order valence-electron chi connectivity index (χ1n) is 9.41. The third-order valence-corrected chi connectivity index (χ3v) is 6.07. The van der Waals surface area contributed by atoms with Crippen molar-refractivity contribution in [3.63, 3.8) is 0 Å². The number of hydrogen-bond acceptors (Lipinski definition) is 4. The van der Waals surface area contributed by atoms with E-state index in [1.54, 1.807) is 6.07 Å². The van der Waals surface area contributed by atoms with Crippen LogP contribution in [0.1, 0.15) is 37.8 Å². The van der Waals surface area contributed by atoms with Crippen molar-refractivity contribution in [2.45, 2.75) is 51.1 Å². The second kappa shape index (κ2) is 9.37. The number of sulfone groups is 1. The highest BCUT2D eigenvalue weighted by molar-refractivity contribution is 7.90. The largest absolute Gasteiger partial charge is 0.357 e. The van der Waals surface area contributed by atoms with E-state index in [0.29, 0.717) is 17.5 Å². The first-order chi connectivity index (χ1) is 12.3. The Morgan fingerprint density at radius 3 is 2.69 bits per heavy atom. The molecule has 0 spiro atoms. The summed E-state index contributed by atoms with van der Waals surface area (Å²) in [6, 6.07) is 5.99. The third kappa shape index (κ3) is 5.71. The Morgan fingerprint density at radius 2 is 2.08 bits per heavy atom. The van der Waals surface area contributed by atoms with Crippen LogP contribution in [0.3, 0.4) is 0 Å². The Kier molecular flexibility index (Phi) is 7.46. The molecule has 1 aromatic carbocycles. The Balaban J connectivity index is 2.01. The highest BCUT2D eigenvalue weighted by Crippen LogP contribution is 2.17. The summed E-state index contributed by atoms with van der Waals surface area (Å²) in [5, 5.41) is 6.73. The molecule has 0 amide bonds. The number of likely N-dealkylation sites (tertiary alicyclic amines) is 1. The van der Waals surface area contributed by atoms with E-state index in [2.05, 4.69) is 34.4 Å². The number of nitrogens with zero attached hydrogens (tertiary/aromatic N) is 2. The van der Waals surface area contributed by atoms with Crippen molar-refractivity contribution in [2.75, 3.05) is 32.4 Å². The number of likely N-dealkylation sites (N-methyl/N-ethyl adjacent to an activating group) is 1. The molecule has 1 aliphatic rings. The summed E-state index contributed by atoms with van der Waals surface area (Å²) >= 11 is 0. The van der Waals surface area contributed by atoms with Gasteiger partial charge in [-0.25, -0.2) is 13.4 Å². The van der Waals surface area contributed by atoms with Crippen LogP contribution in [0.2, 0.25) is 0 Å². The highest BCUT2D eigenvalue weighted by atomic mass is 32.2. The molecule has 1 atom stereocenters. The van der Waals surface area contributed by atoms with Crippen molar-refractivity contribution in [3.8, 4) is 0 Å². The van der Waals surface area contributed by atoms with E-state index >= 15 is 0 Å². The molecule has 6 nitrogen and oxygen atoms in total. The van der Waals surface area contributed by atoms with Gasteiger partial charge in [0.05, 0.1) is 11.4 Å². The molecule has 2 rings (SSSR count). The lowest BCUT2D eigenvalue weighted by atomic mass is 10.1. The van der Waals surface area contributed by atoms with Gasteiger partial charge in [-0.05, 0) is 57.0 Å². The number of hydrogen-bond donors (Lipinski definition) is 2. The van der Waals surface area contributed by atoms with Crippen LogP contribution in [0.25, 0.3) is 0 Å². The minimum absolute atomic E-state index is 0.385. The van der Waals surface area contributed by atoms with Crippen LogP contribution in [-0.2, 0) is 16.4 Å². The average Bonchev–Trinajstić information content (AvgIpc) is 3.03. The van der Waals surface area contributed by atoms with Gasteiger partial charge in [-0.2, -0.15) is 0 Å². The Morgan fingerprint density at radius 1 is 1.31 bits per heavy atom. The van der Waals surface area contributed by atoms with E-state index in [0.717, 1.165) is 36.7 Å². The summed E-state index contributed by atoms with van der Waals surface area (Å²) in [6.45, 7) is 10.6. The van der Waals surface area contributed by atoms with Gasteiger partial charge < -0.3 is 10.6 Å². The molecule has 0 bridgehead atoms. The van der Waals surface area contributed by atoms with Crippen LogP contribution >= 0.6 is 0 Å². The van der Waals surface area contributed by atoms with E-state index in [-0.39, 0.29) is 0 Å². The van der Waals surface area contributed by atoms with E-state index in [9.17, 15) is 8.42 Å². The zero-order valence-corrected chi connectivity index (χ0v) is 17.2. The molecule has 1 aromatic rings. The van der Waals surface area contributed by atoms with Crippen molar-refractivity contribution in [3.05, 3.63) is 29.3 Å². The smallest absolute Gasteiger partial charge is 0.191 e. The number of benzene rings is 1. The summed E-state index contributed by atoms with van der Waals surface area (Å²) in [6.07, 6.45) is 3.73. The highest BCUT2D eigenvalue weighted by Gasteiger charge is 2.22. The molecule has 1 saturated heterocycles. The van der Waals surface area contributed by atoms with E-state index in [1.165, 1.54) is 25.6 Å². The van der Waals surface area contributed by atoms with Gasteiger partial charge in [-0.3, -0.25) is 4.90 Å². The molecule has 0 aliphatic carbocycles. The maximum atomic E-state index is 11.7. The minimum Gasteiger partial charge on any atom is -0.357 e. The standard InChI is InChI=1S/C19H32N4O2S/c1-5-20-19(22-14-17-8-7-11-23(17)6-2)21-13-16-9-10-18(15(3)12-16)26(4,24)25/h9-10,12,17H,5-8,11,13-14H2,1-4H3,(H2,20,21,22). The fourth-order valence-electron chi connectivity index (χ4n) is 3.50. The summed E-state index contributed by atoms with van der Waals surface area (Å²) in [5.74, 6) is 0.806. The second-order valence-corrected chi connectivity index (χ2v) is 8.86. The minimum atomic E-state index is -3.18. The fourth-order valence-corrected chi connectivity index (χ4v) is 4.45. The molecule has 1 unspecified atom stereocenters. The predicted molar refractivity (Wildman–Crippen MR) is 107 cm³/mol. The van der Waals surface area contributed by atoms with E-state index in [4.69, 9.17) is 0 Å². The SMILES string of the molecule is CCNC(=NCc1ccc(S(C)(=O)=O)c(C)c1)NCC1CCCN1CC. The molecular formula is C19H32N4O2S. The Hall–Kier alpha value is -1.60. The van der Waals surface area contributed by atoms with Crippen LogP contribution in [0.5, 0.6) is 0 Å². The molecule has 7 heteroatoms. The normalized spacial score (nSPS) is 18.9. The zero-order chi connectivity index (χ0) is 19.2. The van der Waals surface area contributed by atoms with Gasteiger partial charge >= 0.3 is 0 Å². The Labute approximate surface area is 158 Å². The number of nitrogens with one attached hydrogen (secondary N) is 2. The second-order valence-electron chi connectivity index (χ2n) is 6.87. The van der Waals surface area contributed by atoms with Gasteiger partial charge in [0.1, 0.15) is 0 Å². The van der Waals surface area contributed by atoms with Gasteiger partial charge in [0, 0.05) is 25.4 Å². The molecule has 26 heavy (non-hydrogen) atoms. The van der Waals surface area contributed by atoms with E-state index < -0.39 is 9.84 Å². The lowest BCUT2D eigenvalue weighted by molar-refractivity contribution is 0.267. The van der Waals surface area contributed by atoms with Crippen LogP contribution in [0.15, 0.2) is 28.1 Å². The van der Waals surface area contributed by atoms with Gasteiger partial charge in [-0.1, -0.05) is 19.1 Å². The molecule has 146 valence electrons. The monoisotopic (exact) mass is 380 g/mol. The number of guanidine groups is 1. The van der Waals surface area contributed by atoms with Crippen molar-refractivity contribution < 1.29 is 8.42 Å². The predicted octanol–water partition coefficient (Wildman–Crippen LogP) is 1.94. The summed E-state index contributed by atoms with van der Waals surface area (Å²) in [7, 11) is -3.18. The molecular weight excluding hydrogens is 348 g/mol. The van der Waals surface area contributed by atoms with Crippen molar-refractivity contribution in [1.82, 2.24) is 15.5 Å². The van der Waals surface area contributed by atoms with Crippen LogP contribution in [-0.4, -0.2) is 57.8 Å². The van der Waals surface area contributed by atoms with Crippen LogP contribution in [0.4, 0.5) is 0 Å². The number of rotatable bonds is 7. The fraction of sp³-hybridized carbons (Fsp3) is 0.632. The van der Waals surface area contributed by atoms with E-state index in [1.807, 2.05) is 19.1 Å². The summed E-state index contributed by atoms with van der Waals surface area (Å²) in [5.41, 5.74) is 1.77. The molecule has 1 heterocycles. The summed E-state index contributed by atoms with van der Waals surface area (Å²) in [4.78, 5) is 7.54. The molecule has 0 radical (unpaired) electrons. The third-order valence-electron chi connectivity index (χ3n) is 4.81. The topological polar surface area (TPSA) is 73.8 Å². The first-order valence-corrected chi connectivity index (χ1v) is 11.3. The maximum absolute atomic E-state index is 11.7. The molecule has 0 aromatic heterocycles. The van der Waals surface area contributed by atoms with Gasteiger partial charge in [0.2, 0.25) is 0 Å². The summed E-state index contributed by atoms with van der Waals surface area (Å²) < 4.78 is 23.5. The van der Waals surface area contributed by atoms with Crippen LogP contribution < -0.4 is 10.6 Å². The average molecular weight is 381 g/mol. The maximum Gasteiger partial charge on any atom is 0.191 e. The molecule has 1 fully saturated rings. The first kappa shape index (κ1) is 20.7. The van der Waals surface area contributed by atoms with Crippen molar-refractivity contribution in [1.29, 1.82) is 0 Å². The van der Waals surface area contributed by atoms with Crippen LogP contribution in [0, 0.1) is 6.92 Å². The molecule has 0 saturated carbocycles. The molecule has 2 N–H and O–H groups in total. The Bertz CT molecular complexity index is 731. The number of aliphatic imine (C=N–C) groups is 1. The quantitative estimate of drug-likeness (QED) is 0.559.